The minimum absolute atomic E-state index is 0.0598. The van der Waals surface area contributed by atoms with Gasteiger partial charge in [-0.15, -0.1) is 0 Å². The van der Waals surface area contributed by atoms with Gasteiger partial charge >= 0.3 is 12.1 Å². The smallest absolute Gasteiger partial charge is 0.407 e. The maximum absolute atomic E-state index is 13.1. The average molecular weight is 325 g/mol. The molecule has 0 amide bonds. The van der Waals surface area contributed by atoms with Gasteiger partial charge in [-0.25, -0.2) is 4.39 Å². The van der Waals surface area contributed by atoms with Crippen LogP contribution >= 0.6 is 11.8 Å². The zero-order valence-electron chi connectivity index (χ0n) is 11.2. The fourth-order valence-electron chi connectivity index (χ4n) is 1.75. The van der Waals surface area contributed by atoms with Gasteiger partial charge in [0.25, 0.3) is 0 Å². The molecule has 0 aromatic heterocycles. The number of halogens is 4. The van der Waals surface area contributed by atoms with Gasteiger partial charge in [0, 0.05) is 0 Å². The summed E-state index contributed by atoms with van der Waals surface area (Å²) < 4.78 is 52.1. The second kappa shape index (κ2) is 7.65. The van der Waals surface area contributed by atoms with E-state index >= 15 is 0 Å². The van der Waals surface area contributed by atoms with Gasteiger partial charge in [0.05, 0.1) is 0 Å². The highest BCUT2D eigenvalue weighted by atomic mass is 32.2. The summed E-state index contributed by atoms with van der Waals surface area (Å²) in [4.78, 5) is 11.1. The van der Waals surface area contributed by atoms with Crippen LogP contribution < -0.4 is 5.32 Å². The molecule has 0 bridgehead atoms. The van der Waals surface area contributed by atoms with E-state index in [1.54, 1.807) is 6.26 Å². The highest BCUT2D eigenvalue weighted by Gasteiger charge is 2.42. The monoisotopic (exact) mass is 325 g/mol. The van der Waals surface area contributed by atoms with E-state index in [0.717, 1.165) is 24.3 Å². The fourth-order valence-corrected chi connectivity index (χ4v) is 2.22. The first-order valence-electron chi connectivity index (χ1n) is 6.05. The highest BCUT2D eigenvalue weighted by molar-refractivity contribution is 7.98. The Hall–Kier alpha value is -1.28. The van der Waals surface area contributed by atoms with Crippen LogP contribution in [0.15, 0.2) is 24.3 Å². The second-order valence-corrected chi connectivity index (χ2v) is 5.35. The number of hydrogen-bond donors (Lipinski definition) is 2. The normalized spacial score (nSPS) is 14.7. The van der Waals surface area contributed by atoms with E-state index in [4.69, 9.17) is 5.11 Å². The second-order valence-electron chi connectivity index (χ2n) is 4.37. The van der Waals surface area contributed by atoms with Gasteiger partial charge < -0.3 is 5.11 Å². The van der Waals surface area contributed by atoms with Crippen molar-refractivity contribution >= 4 is 17.7 Å². The third-order valence-electron chi connectivity index (χ3n) is 2.81. The van der Waals surface area contributed by atoms with Crippen molar-refractivity contribution in [2.24, 2.45) is 0 Å². The summed E-state index contributed by atoms with van der Waals surface area (Å²) in [7, 11) is 0. The zero-order valence-corrected chi connectivity index (χ0v) is 12.0. The molecule has 1 rings (SSSR count). The third kappa shape index (κ3) is 5.55. The summed E-state index contributed by atoms with van der Waals surface area (Å²) in [6.07, 6.45) is -2.88. The van der Waals surface area contributed by atoms with Gasteiger partial charge in [-0.1, -0.05) is 12.1 Å². The molecule has 8 heteroatoms. The van der Waals surface area contributed by atoms with Crippen molar-refractivity contribution in [2.75, 3.05) is 12.0 Å². The van der Waals surface area contributed by atoms with Crippen LogP contribution in [-0.4, -0.2) is 35.3 Å². The lowest BCUT2D eigenvalue weighted by molar-refractivity contribution is -0.163. The van der Waals surface area contributed by atoms with E-state index in [1.807, 2.05) is 0 Å². The van der Waals surface area contributed by atoms with Gasteiger partial charge in [0.15, 0.2) is 0 Å². The molecule has 118 valence electrons. The molecular formula is C13H15F4NO2S. The van der Waals surface area contributed by atoms with Crippen molar-refractivity contribution in [3.63, 3.8) is 0 Å². The number of carboxylic acid groups (broad SMARTS) is 1. The summed E-state index contributed by atoms with van der Waals surface area (Å²) in [6, 6.07) is 0.332. The van der Waals surface area contributed by atoms with Crippen LogP contribution in [0.1, 0.15) is 18.0 Å². The quantitative estimate of drug-likeness (QED) is 0.756. The minimum Gasteiger partial charge on any atom is -0.480 e. The number of carbonyl (C=O) groups is 1. The largest absolute Gasteiger partial charge is 0.480 e. The van der Waals surface area contributed by atoms with Gasteiger partial charge in [0.2, 0.25) is 0 Å². The number of hydrogen-bond acceptors (Lipinski definition) is 3. The Kier molecular flexibility index (Phi) is 6.47. The Bertz CT molecular complexity index is 464. The van der Waals surface area contributed by atoms with Crippen molar-refractivity contribution in [1.29, 1.82) is 0 Å². The Labute approximate surface area is 123 Å². The lowest BCUT2D eigenvalue weighted by Gasteiger charge is -2.25. The predicted molar refractivity (Wildman–Crippen MR) is 72.8 cm³/mol. The van der Waals surface area contributed by atoms with Crippen LogP contribution in [0.2, 0.25) is 0 Å². The number of thioether (sulfide) groups is 1. The molecule has 1 aromatic rings. The zero-order chi connectivity index (χ0) is 16.0. The standard InChI is InChI=1S/C13H15F4NO2S/c1-21-7-6-10(12(19)20)18-11(13(15,16)17)8-2-4-9(14)5-3-8/h2-5,10-11,18H,6-7H2,1H3,(H,19,20)/t10-,11-/m0/s1. The number of alkyl halides is 3. The van der Waals surface area contributed by atoms with Crippen molar-refractivity contribution in [2.45, 2.75) is 24.7 Å². The predicted octanol–water partition coefficient (Wildman–Crippen LogP) is 3.23. The van der Waals surface area contributed by atoms with Crippen LogP contribution in [0, 0.1) is 5.82 Å². The summed E-state index contributed by atoms with van der Waals surface area (Å²) in [5, 5.41) is 11.1. The first-order valence-corrected chi connectivity index (χ1v) is 7.45. The molecule has 0 radical (unpaired) electrons. The molecule has 0 saturated heterocycles. The van der Waals surface area contributed by atoms with Crippen LogP contribution in [-0.2, 0) is 4.79 Å². The molecule has 0 aliphatic carbocycles. The van der Waals surface area contributed by atoms with Gasteiger partial charge in [0.1, 0.15) is 17.9 Å². The number of benzene rings is 1. The number of aliphatic carboxylic acids is 1. The first-order chi connectivity index (χ1) is 9.75. The van der Waals surface area contributed by atoms with Crippen molar-refractivity contribution in [3.05, 3.63) is 35.6 Å². The van der Waals surface area contributed by atoms with Crippen molar-refractivity contribution in [1.82, 2.24) is 5.32 Å². The summed E-state index contributed by atoms with van der Waals surface area (Å²) >= 11 is 1.35. The molecule has 0 spiro atoms. The van der Waals surface area contributed by atoms with Crippen molar-refractivity contribution < 1.29 is 27.5 Å². The van der Waals surface area contributed by atoms with Crippen LogP contribution in [0.3, 0.4) is 0 Å². The highest BCUT2D eigenvalue weighted by Crippen LogP contribution is 2.33. The van der Waals surface area contributed by atoms with E-state index in [0.29, 0.717) is 5.75 Å². The van der Waals surface area contributed by atoms with Gasteiger partial charge in [-0.05, 0) is 36.1 Å². The van der Waals surface area contributed by atoms with Gasteiger partial charge in [-0.3, -0.25) is 10.1 Å². The Morgan fingerprint density at radius 1 is 1.33 bits per heavy atom. The molecule has 0 unspecified atom stereocenters. The Balaban J connectivity index is 2.97. The molecule has 3 nitrogen and oxygen atoms in total. The number of rotatable bonds is 7. The SMILES string of the molecule is CSCC[C@H](N[C@@H](c1ccc(F)cc1)C(F)(F)F)C(=O)O. The molecular weight excluding hydrogens is 310 g/mol. The molecule has 0 aliphatic heterocycles. The summed E-state index contributed by atoms with van der Waals surface area (Å²) in [5.41, 5.74) is -0.223. The van der Waals surface area contributed by atoms with Gasteiger partial charge in [-0.2, -0.15) is 24.9 Å². The maximum atomic E-state index is 13.1. The van der Waals surface area contributed by atoms with E-state index in [2.05, 4.69) is 5.32 Å². The van der Waals surface area contributed by atoms with E-state index in [9.17, 15) is 22.4 Å². The third-order valence-corrected chi connectivity index (χ3v) is 3.45. The van der Waals surface area contributed by atoms with Crippen LogP contribution in [0.5, 0.6) is 0 Å². The number of nitrogens with one attached hydrogen (secondary N) is 1. The van der Waals surface area contributed by atoms with Crippen LogP contribution in [0.25, 0.3) is 0 Å². The Morgan fingerprint density at radius 2 is 1.90 bits per heavy atom. The lowest BCUT2D eigenvalue weighted by atomic mass is 10.0. The van der Waals surface area contributed by atoms with E-state index in [-0.39, 0.29) is 12.0 Å². The summed E-state index contributed by atoms with van der Waals surface area (Å²) in [6.45, 7) is 0. The van der Waals surface area contributed by atoms with Crippen LogP contribution in [0.4, 0.5) is 17.6 Å². The minimum atomic E-state index is -4.68. The molecule has 2 atom stereocenters. The number of carboxylic acids is 1. The van der Waals surface area contributed by atoms with E-state index in [1.165, 1.54) is 11.8 Å². The molecule has 0 fully saturated rings. The Morgan fingerprint density at radius 3 is 2.33 bits per heavy atom. The summed E-state index contributed by atoms with van der Waals surface area (Å²) in [5.74, 6) is -1.59. The fraction of sp³-hybridized carbons (Fsp3) is 0.462. The topological polar surface area (TPSA) is 49.3 Å². The molecule has 1 aromatic carbocycles. The molecule has 0 aliphatic rings. The maximum Gasteiger partial charge on any atom is 0.407 e. The lowest BCUT2D eigenvalue weighted by Crippen LogP contribution is -2.45. The molecule has 2 N–H and O–H groups in total. The molecule has 21 heavy (non-hydrogen) atoms. The van der Waals surface area contributed by atoms with E-state index < -0.39 is 30.0 Å². The first kappa shape index (κ1) is 17.8. The molecule has 0 saturated carbocycles. The molecule has 0 heterocycles. The van der Waals surface area contributed by atoms with Crippen molar-refractivity contribution in [3.8, 4) is 0 Å². The average Bonchev–Trinajstić information content (AvgIpc) is 2.38.